The Bertz CT molecular complexity index is 272. The van der Waals surface area contributed by atoms with E-state index in [1.807, 2.05) is 0 Å². The van der Waals surface area contributed by atoms with Gasteiger partial charge < -0.3 is 5.43 Å². The van der Waals surface area contributed by atoms with Crippen LogP contribution in [0.1, 0.15) is 18.5 Å². The molecule has 0 spiro atoms. The zero-order valence-electron chi connectivity index (χ0n) is 6.49. The minimum absolute atomic E-state index is 0.424. The lowest BCUT2D eigenvalue weighted by Crippen LogP contribution is -2.31. The van der Waals surface area contributed by atoms with Crippen LogP contribution >= 0.6 is 0 Å². The zero-order chi connectivity index (χ0) is 8.39. The minimum atomic E-state index is 0.424. The van der Waals surface area contributed by atoms with Crippen LogP contribution in [0.2, 0.25) is 0 Å². The fraction of sp³-hybridized carbons (Fsp3) is 0.500. The first-order valence-corrected chi connectivity index (χ1v) is 3.80. The third-order valence-corrected chi connectivity index (χ3v) is 1.65. The van der Waals surface area contributed by atoms with Crippen LogP contribution in [-0.2, 0) is 0 Å². The predicted octanol–water partition coefficient (Wildman–Crippen LogP) is -0.823. The van der Waals surface area contributed by atoms with Gasteiger partial charge in [-0.3, -0.25) is 4.99 Å². The monoisotopic (exact) mass is 166 g/mol. The van der Waals surface area contributed by atoms with Gasteiger partial charge in [-0.2, -0.15) is 15.4 Å². The van der Waals surface area contributed by atoms with E-state index in [2.05, 4.69) is 25.8 Å². The fourth-order valence-corrected chi connectivity index (χ4v) is 0.879. The molecule has 0 saturated heterocycles. The summed E-state index contributed by atoms with van der Waals surface area (Å²) in [6.07, 6.45) is 3.87. The van der Waals surface area contributed by atoms with Crippen LogP contribution in [0, 0.1) is 0 Å². The molecule has 1 fully saturated rings. The highest BCUT2D eigenvalue weighted by atomic mass is 15.3. The number of hydrazine groups is 1. The van der Waals surface area contributed by atoms with Crippen LogP contribution in [0.5, 0.6) is 0 Å². The lowest BCUT2D eigenvalue weighted by Gasteiger charge is -1.99. The first-order chi connectivity index (χ1) is 5.90. The van der Waals surface area contributed by atoms with Gasteiger partial charge in [-0.1, -0.05) is 0 Å². The van der Waals surface area contributed by atoms with E-state index >= 15 is 0 Å². The van der Waals surface area contributed by atoms with Gasteiger partial charge >= 0.3 is 0 Å². The molecule has 2 rings (SSSR count). The van der Waals surface area contributed by atoms with Crippen LogP contribution in [0.4, 0.5) is 0 Å². The molecule has 0 radical (unpaired) electrons. The molecule has 0 aromatic carbocycles. The van der Waals surface area contributed by atoms with E-state index in [1.165, 1.54) is 0 Å². The molecule has 1 aromatic heterocycles. The molecule has 0 bridgehead atoms. The molecule has 0 unspecified atom stereocenters. The Hall–Kier alpha value is -1.43. The van der Waals surface area contributed by atoms with Gasteiger partial charge in [0.15, 0.2) is 5.84 Å². The molecule has 1 aliphatic carbocycles. The predicted molar refractivity (Wildman–Crippen MR) is 43.3 cm³/mol. The fourth-order valence-electron chi connectivity index (χ4n) is 0.879. The van der Waals surface area contributed by atoms with Gasteiger partial charge in [0.1, 0.15) is 5.69 Å². The molecule has 4 N–H and O–H groups in total. The standard InChI is InChI=1S/C6H10N6/c7-10-6(9-4-1-2-4)5-3-8-12-11-5/h3-4H,1-2,7H2,(H,9,10)(H,8,11,12). The third-order valence-electron chi connectivity index (χ3n) is 1.65. The number of hydrogen-bond donors (Lipinski definition) is 3. The van der Waals surface area contributed by atoms with Gasteiger partial charge in [-0.05, 0) is 12.8 Å². The average Bonchev–Trinajstić information content (AvgIpc) is 2.74. The van der Waals surface area contributed by atoms with E-state index in [0.29, 0.717) is 17.6 Å². The highest BCUT2D eigenvalue weighted by molar-refractivity contribution is 5.96. The van der Waals surface area contributed by atoms with Crippen LogP contribution in [0.25, 0.3) is 0 Å². The molecule has 1 aliphatic rings. The SMILES string of the molecule is NNC(=NC1CC1)c1cn[nH]n1. The summed E-state index contributed by atoms with van der Waals surface area (Å²) in [7, 11) is 0. The molecular weight excluding hydrogens is 156 g/mol. The second kappa shape index (κ2) is 2.90. The molecule has 12 heavy (non-hydrogen) atoms. The van der Waals surface area contributed by atoms with E-state index in [0.717, 1.165) is 12.8 Å². The molecule has 6 heteroatoms. The second-order valence-electron chi connectivity index (χ2n) is 2.71. The highest BCUT2D eigenvalue weighted by Crippen LogP contribution is 2.23. The maximum Gasteiger partial charge on any atom is 0.165 e. The number of hydrogen-bond acceptors (Lipinski definition) is 4. The molecule has 0 atom stereocenters. The summed E-state index contributed by atoms with van der Waals surface area (Å²) >= 11 is 0. The number of aromatic nitrogens is 3. The van der Waals surface area contributed by atoms with E-state index in [1.54, 1.807) is 6.20 Å². The Morgan fingerprint density at radius 1 is 1.75 bits per heavy atom. The Morgan fingerprint density at radius 2 is 2.58 bits per heavy atom. The van der Waals surface area contributed by atoms with Crippen LogP contribution in [0.15, 0.2) is 11.2 Å². The van der Waals surface area contributed by atoms with Gasteiger partial charge in [0, 0.05) is 0 Å². The molecule has 1 heterocycles. The van der Waals surface area contributed by atoms with Gasteiger partial charge in [0.05, 0.1) is 12.2 Å². The van der Waals surface area contributed by atoms with Gasteiger partial charge in [-0.15, -0.1) is 0 Å². The molecule has 0 amide bonds. The molecule has 64 valence electrons. The summed E-state index contributed by atoms with van der Waals surface area (Å²) in [4.78, 5) is 4.31. The summed E-state index contributed by atoms with van der Waals surface area (Å²) in [5.41, 5.74) is 3.16. The third kappa shape index (κ3) is 1.42. The van der Waals surface area contributed by atoms with E-state index in [-0.39, 0.29) is 0 Å². The Balaban J connectivity index is 2.17. The summed E-state index contributed by atoms with van der Waals surface area (Å²) in [5.74, 6) is 5.88. The topological polar surface area (TPSA) is 92.0 Å². The number of nitrogens with one attached hydrogen (secondary N) is 2. The van der Waals surface area contributed by atoms with Gasteiger partial charge in [-0.25, -0.2) is 5.84 Å². The summed E-state index contributed by atoms with van der Waals surface area (Å²) in [5, 5.41) is 10.0. The molecular formula is C6H10N6. The largest absolute Gasteiger partial charge is 0.307 e. The number of aromatic amines is 1. The Kier molecular flexibility index (Phi) is 1.75. The van der Waals surface area contributed by atoms with Crippen molar-refractivity contribution in [3.8, 4) is 0 Å². The van der Waals surface area contributed by atoms with Gasteiger partial charge in [0.2, 0.25) is 0 Å². The van der Waals surface area contributed by atoms with Crippen molar-refractivity contribution in [3.05, 3.63) is 11.9 Å². The summed E-state index contributed by atoms with van der Waals surface area (Å²) < 4.78 is 0. The summed E-state index contributed by atoms with van der Waals surface area (Å²) in [6.45, 7) is 0. The summed E-state index contributed by atoms with van der Waals surface area (Å²) in [6, 6.07) is 0.424. The number of H-pyrrole nitrogens is 1. The smallest absolute Gasteiger partial charge is 0.165 e. The lowest BCUT2D eigenvalue weighted by atomic mass is 10.4. The molecule has 6 nitrogen and oxygen atoms in total. The zero-order valence-corrected chi connectivity index (χ0v) is 6.49. The van der Waals surface area contributed by atoms with Crippen molar-refractivity contribution in [2.45, 2.75) is 18.9 Å². The Labute approximate surface area is 69.2 Å². The highest BCUT2D eigenvalue weighted by Gasteiger charge is 2.21. The molecule has 1 saturated carbocycles. The van der Waals surface area contributed by atoms with Gasteiger partial charge in [0.25, 0.3) is 0 Å². The van der Waals surface area contributed by atoms with Crippen molar-refractivity contribution in [1.82, 2.24) is 20.8 Å². The number of amidine groups is 1. The number of nitrogens with two attached hydrogens (primary N) is 1. The van der Waals surface area contributed by atoms with Crippen LogP contribution in [0.3, 0.4) is 0 Å². The van der Waals surface area contributed by atoms with Crippen molar-refractivity contribution >= 4 is 5.84 Å². The first-order valence-electron chi connectivity index (χ1n) is 3.80. The van der Waals surface area contributed by atoms with E-state index < -0.39 is 0 Å². The molecule has 0 aliphatic heterocycles. The number of aliphatic imine (C=N–C) groups is 1. The van der Waals surface area contributed by atoms with Crippen molar-refractivity contribution in [2.24, 2.45) is 10.8 Å². The van der Waals surface area contributed by atoms with Crippen LogP contribution in [-0.4, -0.2) is 27.3 Å². The number of nitrogens with zero attached hydrogens (tertiary/aromatic N) is 3. The Morgan fingerprint density at radius 3 is 3.08 bits per heavy atom. The normalized spacial score (nSPS) is 17.9. The van der Waals surface area contributed by atoms with Crippen molar-refractivity contribution < 1.29 is 0 Å². The first kappa shape index (κ1) is 7.23. The average molecular weight is 166 g/mol. The maximum atomic E-state index is 5.28. The quantitative estimate of drug-likeness (QED) is 0.231. The number of rotatable bonds is 2. The minimum Gasteiger partial charge on any atom is -0.307 e. The van der Waals surface area contributed by atoms with Crippen molar-refractivity contribution in [2.75, 3.05) is 0 Å². The lowest BCUT2D eigenvalue weighted by molar-refractivity contribution is 0.921. The van der Waals surface area contributed by atoms with E-state index in [9.17, 15) is 0 Å². The van der Waals surface area contributed by atoms with Crippen molar-refractivity contribution in [3.63, 3.8) is 0 Å². The van der Waals surface area contributed by atoms with Crippen LogP contribution < -0.4 is 11.3 Å². The van der Waals surface area contributed by atoms with Crippen molar-refractivity contribution in [1.29, 1.82) is 0 Å². The second-order valence-corrected chi connectivity index (χ2v) is 2.71. The molecule has 1 aromatic rings. The maximum absolute atomic E-state index is 5.28. The van der Waals surface area contributed by atoms with E-state index in [4.69, 9.17) is 5.84 Å².